The van der Waals surface area contributed by atoms with Crippen molar-refractivity contribution in [1.82, 2.24) is 0 Å². The molecule has 3 aromatic carbocycles. The molecule has 122 valence electrons. The molecular weight excluding hydrogens is 330 g/mol. The summed E-state index contributed by atoms with van der Waals surface area (Å²) in [5.74, 6) is 0. The van der Waals surface area contributed by atoms with Gasteiger partial charge in [0.25, 0.3) is 0 Å². The van der Waals surface area contributed by atoms with E-state index in [2.05, 4.69) is 65.6 Å². The molecule has 0 amide bonds. The van der Waals surface area contributed by atoms with Crippen molar-refractivity contribution in [3.05, 3.63) is 101 Å². The van der Waals surface area contributed by atoms with Crippen LogP contribution in [0.15, 0.2) is 78.9 Å². The minimum atomic E-state index is -0.180. The number of para-hydroxylation sites is 2. The van der Waals surface area contributed by atoms with Gasteiger partial charge in [-0.1, -0.05) is 72.3 Å². The van der Waals surface area contributed by atoms with Gasteiger partial charge in [0.1, 0.15) is 6.10 Å². The van der Waals surface area contributed by atoms with Crippen molar-refractivity contribution in [2.75, 3.05) is 4.90 Å². The highest BCUT2D eigenvalue weighted by Gasteiger charge is 2.36. The van der Waals surface area contributed by atoms with Crippen LogP contribution < -0.4 is 4.90 Å². The standard InChI is InChI=1S/C22H16ClNO/c23-18-10-4-2-8-16(18)22-17-9-3-6-12-20(17)24-19-11-5-1-7-15(19)13-14-21(24)25-22/h1-14,21-22H/t21-,22+/m0/s1. The Hall–Kier alpha value is -2.55. The van der Waals surface area contributed by atoms with Gasteiger partial charge in [-0.3, -0.25) is 0 Å². The Bertz CT molecular complexity index is 981. The Balaban J connectivity index is 1.71. The molecule has 2 aliphatic heterocycles. The zero-order valence-electron chi connectivity index (χ0n) is 13.5. The molecule has 0 saturated heterocycles. The summed E-state index contributed by atoms with van der Waals surface area (Å²) in [6.45, 7) is 0. The van der Waals surface area contributed by atoms with E-state index in [-0.39, 0.29) is 12.3 Å². The van der Waals surface area contributed by atoms with E-state index in [0.717, 1.165) is 16.1 Å². The minimum Gasteiger partial charge on any atom is -0.342 e. The van der Waals surface area contributed by atoms with Crippen LogP contribution in [0.1, 0.15) is 22.8 Å². The SMILES string of the molecule is Clc1ccccc1[C@H]1O[C@H]2C=Cc3ccccc3N2c2ccccc21. The number of hydrogen-bond acceptors (Lipinski definition) is 2. The Kier molecular flexibility index (Phi) is 3.40. The van der Waals surface area contributed by atoms with Crippen LogP contribution in [0.25, 0.3) is 6.08 Å². The fraction of sp³-hybridized carbons (Fsp3) is 0.0909. The first kappa shape index (κ1) is 14.8. The van der Waals surface area contributed by atoms with Gasteiger partial charge < -0.3 is 9.64 Å². The van der Waals surface area contributed by atoms with E-state index in [1.807, 2.05) is 24.3 Å². The second-order valence-corrected chi connectivity index (χ2v) is 6.68. The van der Waals surface area contributed by atoms with Crippen LogP contribution in [0.4, 0.5) is 11.4 Å². The third kappa shape index (κ3) is 2.30. The van der Waals surface area contributed by atoms with Gasteiger partial charge in [-0.25, -0.2) is 0 Å². The smallest absolute Gasteiger partial charge is 0.155 e. The van der Waals surface area contributed by atoms with Crippen molar-refractivity contribution in [3.8, 4) is 0 Å². The Morgan fingerprint density at radius 3 is 2.28 bits per heavy atom. The molecule has 2 atom stereocenters. The minimum absolute atomic E-state index is 0.147. The lowest BCUT2D eigenvalue weighted by molar-refractivity contribution is 0.0303. The van der Waals surface area contributed by atoms with Crippen LogP contribution in [0.3, 0.4) is 0 Å². The lowest BCUT2D eigenvalue weighted by Crippen LogP contribution is -2.40. The number of fused-ring (bicyclic) bond motifs is 5. The monoisotopic (exact) mass is 345 g/mol. The average Bonchev–Trinajstić information content (AvgIpc) is 2.67. The van der Waals surface area contributed by atoms with Crippen LogP contribution in [0.2, 0.25) is 5.02 Å². The first-order chi connectivity index (χ1) is 12.3. The number of rotatable bonds is 1. The molecule has 0 aromatic heterocycles. The second kappa shape index (κ2) is 5.76. The Morgan fingerprint density at radius 1 is 0.760 bits per heavy atom. The Morgan fingerprint density at radius 2 is 1.44 bits per heavy atom. The number of halogens is 1. The molecule has 0 unspecified atom stereocenters. The van der Waals surface area contributed by atoms with Crippen molar-refractivity contribution in [2.24, 2.45) is 0 Å². The highest BCUT2D eigenvalue weighted by atomic mass is 35.5. The third-order valence-electron chi connectivity index (χ3n) is 4.83. The summed E-state index contributed by atoms with van der Waals surface area (Å²) in [4.78, 5) is 2.26. The number of benzene rings is 3. The van der Waals surface area contributed by atoms with Gasteiger partial charge in [0.2, 0.25) is 0 Å². The topological polar surface area (TPSA) is 12.5 Å². The molecule has 3 heteroatoms. The van der Waals surface area contributed by atoms with Crippen LogP contribution in [-0.4, -0.2) is 6.23 Å². The van der Waals surface area contributed by atoms with E-state index in [1.54, 1.807) is 0 Å². The lowest BCUT2D eigenvalue weighted by Gasteiger charge is -2.43. The van der Waals surface area contributed by atoms with E-state index < -0.39 is 0 Å². The summed E-state index contributed by atoms with van der Waals surface area (Å²) in [5.41, 5.74) is 5.68. The number of anilines is 2. The van der Waals surface area contributed by atoms with Crippen molar-refractivity contribution in [3.63, 3.8) is 0 Å². The van der Waals surface area contributed by atoms with Crippen LogP contribution in [0, 0.1) is 0 Å². The first-order valence-corrected chi connectivity index (χ1v) is 8.76. The molecule has 5 rings (SSSR count). The first-order valence-electron chi connectivity index (χ1n) is 8.38. The summed E-state index contributed by atoms with van der Waals surface area (Å²) in [6.07, 6.45) is 3.92. The number of nitrogens with zero attached hydrogens (tertiary/aromatic N) is 1. The van der Waals surface area contributed by atoms with Crippen molar-refractivity contribution >= 4 is 29.1 Å². The third-order valence-corrected chi connectivity index (χ3v) is 5.18. The van der Waals surface area contributed by atoms with Crippen LogP contribution >= 0.6 is 11.6 Å². The fourth-order valence-electron chi connectivity index (χ4n) is 3.70. The summed E-state index contributed by atoms with van der Waals surface area (Å²) >= 11 is 6.47. The highest BCUT2D eigenvalue weighted by molar-refractivity contribution is 6.31. The molecule has 2 aliphatic rings. The fourth-order valence-corrected chi connectivity index (χ4v) is 3.93. The van der Waals surface area contributed by atoms with Crippen molar-refractivity contribution < 1.29 is 4.74 Å². The Labute approximate surface area is 151 Å². The summed E-state index contributed by atoms with van der Waals surface area (Å²) < 4.78 is 6.50. The zero-order chi connectivity index (χ0) is 16.8. The molecule has 25 heavy (non-hydrogen) atoms. The van der Waals surface area contributed by atoms with Gasteiger partial charge in [0.15, 0.2) is 6.23 Å². The predicted octanol–water partition coefficient (Wildman–Crippen LogP) is 5.95. The molecular formula is C22H16ClNO. The van der Waals surface area contributed by atoms with Gasteiger partial charge in [-0.05, 0) is 29.8 Å². The maximum Gasteiger partial charge on any atom is 0.155 e. The predicted molar refractivity (Wildman–Crippen MR) is 102 cm³/mol. The molecule has 0 bridgehead atoms. The van der Waals surface area contributed by atoms with Gasteiger partial charge in [0.05, 0.1) is 11.4 Å². The molecule has 0 radical (unpaired) electrons. The van der Waals surface area contributed by atoms with Gasteiger partial charge >= 0.3 is 0 Å². The van der Waals surface area contributed by atoms with Gasteiger partial charge in [-0.15, -0.1) is 0 Å². The van der Waals surface area contributed by atoms with Crippen LogP contribution in [-0.2, 0) is 4.74 Å². The van der Waals surface area contributed by atoms with Crippen molar-refractivity contribution in [1.29, 1.82) is 0 Å². The molecule has 2 heterocycles. The molecule has 0 aliphatic carbocycles. The normalized spacial score (nSPS) is 20.6. The molecule has 0 fully saturated rings. The lowest BCUT2D eigenvalue weighted by atomic mass is 9.95. The highest BCUT2D eigenvalue weighted by Crippen LogP contribution is 2.47. The van der Waals surface area contributed by atoms with E-state index in [1.165, 1.54) is 16.9 Å². The largest absolute Gasteiger partial charge is 0.342 e. The zero-order valence-corrected chi connectivity index (χ0v) is 14.2. The summed E-state index contributed by atoms with van der Waals surface area (Å²) in [7, 11) is 0. The second-order valence-electron chi connectivity index (χ2n) is 6.27. The number of ether oxygens (including phenoxy) is 1. The summed E-state index contributed by atoms with van der Waals surface area (Å²) in [6, 6.07) is 24.7. The van der Waals surface area contributed by atoms with E-state index >= 15 is 0 Å². The average molecular weight is 346 g/mol. The quantitative estimate of drug-likeness (QED) is 0.540. The van der Waals surface area contributed by atoms with Crippen LogP contribution in [0.5, 0.6) is 0 Å². The van der Waals surface area contributed by atoms with E-state index in [0.29, 0.717) is 0 Å². The van der Waals surface area contributed by atoms with E-state index in [9.17, 15) is 0 Å². The summed E-state index contributed by atoms with van der Waals surface area (Å²) in [5, 5.41) is 0.732. The molecule has 0 N–H and O–H groups in total. The van der Waals surface area contributed by atoms with Crippen molar-refractivity contribution in [2.45, 2.75) is 12.3 Å². The van der Waals surface area contributed by atoms with Gasteiger partial charge in [0, 0.05) is 16.1 Å². The maximum absolute atomic E-state index is 6.50. The molecule has 0 saturated carbocycles. The number of hydrogen-bond donors (Lipinski definition) is 0. The van der Waals surface area contributed by atoms with Gasteiger partial charge in [-0.2, -0.15) is 0 Å². The molecule has 2 nitrogen and oxygen atoms in total. The van der Waals surface area contributed by atoms with E-state index in [4.69, 9.17) is 16.3 Å². The molecule has 0 spiro atoms. The maximum atomic E-state index is 6.50. The molecule has 3 aromatic rings.